The monoisotopic (exact) mass is 281 g/mol. The summed E-state index contributed by atoms with van der Waals surface area (Å²) in [5, 5.41) is 0. The van der Waals surface area contributed by atoms with E-state index >= 15 is 0 Å². The van der Waals surface area contributed by atoms with Crippen LogP contribution >= 0.6 is 23.4 Å². The Morgan fingerprint density at radius 3 is 2.94 bits per heavy atom. The van der Waals surface area contributed by atoms with Gasteiger partial charge in [0, 0.05) is 12.2 Å². The molecule has 0 bridgehead atoms. The van der Waals surface area contributed by atoms with Gasteiger partial charge in [-0.3, -0.25) is 0 Å². The number of hydrogen-bond donors (Lipinski definition) is 0. The summed E-state index contributed by atoms with van der Waals surface area (Å²) in [6.07, 6.45) is 4.25. The lowest BCUT2D eigenvalue weighted by Crippen LogP contribution is -2.17. The third kappa shape index (κ3) is 2.01. The molecule has 1 saturated heterocycles. The highest BCUT2D eigenvalue weighted by atomic mass is 35.5. The zero-order chi connectivity index (χ0) is 12.5. The number of thioether (sulfide) groups is 1. The number of aryl methyl sites for hydroxylation is 1. The molecule has 0 saturated carbocycles. The van der Waals surface area contributed by atoms with Crippen molar-refractivity contribution in [2.75, 3.05) is 11.5 Å². The molecule has 0 radical (unpaired) electrons. The Kier molecular flexibility index (Phi) is 3.48. The van der Waals surface area contributed by atoms with Crippen LogP contribution in [-0.2, 0) is 5.88 Å². The number of rotatable bonds is 2. The number of alkyl halides is 1. The highest BCUT2D eigenvalue weighted by Gasteiger charge is 2.22. The molecule has 2 aromatic heterocycles. The number of fused-ring (bicyclic) bond motifs is 1. The van der Waals surface area contributed by atoms with Gasteiger partial charge in [0.05, 0.1) is 5.88 Å². The molecular formula is C13H16ClN3S. The van der Waals surface area contributed by atoms with Gasteiger partial charge in [-0.2, -0.15) is 11.8 Å². The van der Waals surface area contributed by atoms with Gasteiger partial charge in [0.25, 0.3) is 0 Å². The van der Waals surface area contributed by atoms with Crippen molar-refractivity contribution < 1.29 is 0 Å². The predicted molar refractivity (Wildman–Crippen MR) is 77.4 cm³/mol. The largest absolute Gasteiger partial charge is 0.309 e. The van der Waals surface area contributed by atoms with Crippen LogP contribution in [0.3, 0.4) is 0 Å². The second-order valence-corrected chi connectivity index (χ2v) is 6.17. The first-order chi connectivity index (χ1) is 8.81. The molecule has 0 spiro atoms. The molecule has 3 nitrogen and oxygen atoms in total. The van der Waals surface area contributed by atoms with Crippen LogP contribution in [0.15, 0.2) is 12.3 Å². The first kappa shape index (κ1) is 12.3. The van der Waals surface area contributed by atoms with Gasteiger partial charge in [-0.15, -0.1) is 11.6 Å². The SMILES string of the molecule is Cc1ccnc2c1nc(CCl)n2C1CCSCC1. The highest BCUT2D eigenvalue weighted by molar-refractivity contribution is 7.99. The van der Waals surface area contributed by atoms with E-state index in [4.69, 9.17) is 11.6 Å². The maximum absolute atomic E-state index is 6.06. The van der Waals surface area contributed by atoms with Crippen LogP contribution in [0.4, 0.5) is 0 Å². The fraction of sp³-hybridized carbons (Fsp3) is 0.538. The summed E-state index contributed by atoms with van der Waals surface area (Å²) >= 11 is 8.09. The van der Waals surface area contributed by atoms with Crippen LogP contribution in [-0.4, -0.2) is 26.0 Å². The minimum absolute atomic E-state index is 0.458. The maximum Gasteiger partial charge on any atom is 0.160 e. The van der Waals surface area contributed by atoms with Crippen molar-refractivity contribution >= 4 is 34.5 Å². The summed E-state index contributed by atoms with van der Waals surface area (Å²) in [7, 11) is 0. The van der Waals surface area contributed by atoms with Crippen molar-refractivity contribution in [3.8, 4) is 0 Å². The lowest BCUT2D eigenvalue weighted by molar-refractivity contribution is 0.467. The first-order valence-electron chi connectivity index (χ1n) is 6.27. The van der Waals surface area contributed by atoms with Crippen LogP contribution < -0.4 is 0 Å². The summed E-state index contributed by atoms with van der Waals surface area (Å²) in [6.45, 7) is 2.08. The fourth-order valence-corrected chi connectivity index (χ4v) is 3.85. The summed E-state index contributed by atoms with van der Waals surface area (Å²) in [5.41, 5.74) is 3.18. The predicted octanol–water partition coefficient (Wildman–Crippen LogP) is 3.55. The van der Waals surface area contributed by atoms with Crippen LogP contribution in [0, 0.1) is 6.92 Å². The summed E-state index contributed by atoms with van der Waals surface area (Å²) in [6, 6.07) is 2.52. The van der Waals surface area contributed by atoms with E-state index in [1.54, 1.807) is 0 Å². The molecule has 3 rings (SSSR count). The molecule has 5 heteroatoms. The van der Waals surface area contributed by atoms with Gasteiger partial charge in [-0.25, -0.2) is 9.97 Å². The average Bonchev–Trinajstić information content (AvgIpc) is 2.80. The van der Waals surface area contributed by atoms with E-state index in [9.17, 15) is 0 Å². The van der Waals surface area contributed by atoms with Crippen molar-refractivity contribution in [2.24, 2.45) is 0 Å². The van der Waals surface area contributed by atoms with Crippen LogP contribution in [0.25, 0.3) is 11.2 Å². The van der Waals surface area contributed by atoms with Crippen molar-refractivity contribution in [2.45, 2.75) is 31.7 Å². The molecule has 1 fully saturated rings. The first-order valence-corrected chi connectivity index (χ1v) is 7.96. The number of pyridine rings is 1. The zero-order valence-electron chi connectivity index (χ0n) is 10.4. The number of imidazole rings is 1. The molecule has 1 aliphatic rings. The Balaban J connectivity index is 2.16. The average molecular weight is 282 g/mol. The van der Waals surface area contributed by atoms with Gasteiger partial charge in [-0.05, 0) is 42.9 Å². The quantitative estimate of drug-likeness (QED) is 0.789. The molecule has 2 aromatic rings. The van der Waals surface area contributed by atoms with Crippen molar-refractivity contribution in [3.63, 3.8) is 0 Å². The minimum atomic E-state index is 0.458. The van der Waals surface area contributed by atoms with E-state index in [0.717, 1.165) is 17.0 Å². The van der Waals surface area contributed by atoms with Gasteiger partial charge in [-0.1, -0.05) is 0 Å². The normalized spacial score (nSPS) is 17.4. The van der Waals surface area contributed by atoms with Crippen molar-refractivity contribution in [1.82, 2.24) is 14.5 Å². The smallest absolute Gasteiger partial charge is 0.160 e. The topological polar surface area (TPSA) is 30.7 Å². The Bertz CT molecular complexity index is 561. The summed E-state index contributed by atoms with van der Waals surface area (Å²) in [5.74, 6) is 3.86. The van der Waals surface area contributed by atoms with Crippen molar-refractivity contribution in [3.05, 3.63) is 23.7 Å². The molecule has 0 aliphatic carbocycles. The lowest BCUT2D eigenvalue weighted by Gasteiger charge is -2.24. The van der Waals surface area contributed by atoms with E-state index < -0.39 is 0 Å². The molecule has 0 N–H and O–H groups in total. The molecule has 1 aliphatic heterocycles. The molecule has 0 unspecified atom stereocenters. The third-order valence-electron chi connectivity index (χ3n) is 3.53. The van der Waals surface area contributed by atoms with Gasteiger partial charge in [0.1, 0.15) is 11.3 Å². The van der Waals surface area contributed by atoms with E-state index in [0.29, 0.717) is 11.9 Å². The summed E-state index contributed by atoms with van der Waals surface area (Å²) < 4.78 is 2.27. The molecule has 0 aromatic carbocycles. The van der Waals surface area contributed by atoms with E-state index in [1.807, 2.05) is 24.0 Å². The second-order valence-electron chi connectivity index (χ2n) is 4.68. The molecule has 96 valence electrons. The van der Waals surface area contributed by atoms with Gasteiger partial charge in [0.2, 0.25) is 0 Å². The van der Waals surface area contributed by atoms with Crippen LogP contribution in [0.5, 0.6) is 0 Å². The fourth-order valence-electron chi connectivity index (χ4n) is 2.58. The third-order valence-corrected chi connectivity index (χ3v) is 4.82. The molecular weight excluding hydrogens is 266 g/mol. The van der Waals surface area contributed by atoms with E-state index in [-0.39, 0.29) is 0 Å². The van der Waals surface area contributed by atoms with Crippen LogP contribution in [0.2, 0.25) is 0 Å². The van der Waals surface area contributed by atoms with Crippen LogP contribution in [0.1, 0.15) is 30.3 Å². The number of halogens is 1. The second kappa shape index (κ2) is 5.10. The maximum atomic E-state index is 6.06. The number of nitrogens with zero attached hydrogens (tertiary/aromatic N) is 3. The van der Waals surface area contributed by atoms with E-state index in [1.165, 1.54) is 29.9 Å². The Hall–Kier alpha value is -0.740. The molecule has 0 atom stereocenters. The Morgan fingerprint density at radius 1 is 1.44 bits per heavy atom. The molecule has 0 amide bonds. The zero-order valence-corrected chi connectivity index (χ0v) is 12.0. The Morgan fingerprint density at radius 2 is 2.22 bits per heavy atom. The molecule has 18 heavy (non-hydrogen) atoms. The Labute approximate surface area is 116 Å². The minimum Gasteiger partial charge on any atom is -0.309 e. The number of hydrogen-bond acceptors (Lipinski definition) is 3. The van der Waals surface area contributed by atoms with Gasteiger partial charge in [0.15, 0.2) is 5.65 Å². The summed E-state index contributed by atoms with van der Waals surface area (Å²) in [4.78, 5) is 9.19. The number of aromatic nitrogens is 3. The highest BCUT2D eigenvalue weighted by Crippen LogP contribution is 2.31. The van der Waals surface area contributed by atoms with Gasteiger partial charge < -0.3 is 4.57 Å². The van der Waals surface area contributed by atoms with Crippen molar-refractivity contribution in [1.29, 1.82) is 0 Å². The molecule has 3 heterocycles. The standard InChI is InChI=1S/C13H16ClN3S/c1-9-2-5-15-13-12(9)16-11(8-14)17(13)10-3-6-18-7-4-10/h2,5,10H,3-4,6-8H2,1H3. The van der Waals surface area contributed by atoms with Gasteiger partial charge >= 0.3 is 0 Å². The van der Waals surface area contributed by atoms with E-state index in [2.05, 4.69) is 21.5 Å². The lowest BCUT2D eigenvalue weighted by atomic mass is 10.1.